The van der Waals surface area contributed by atoms with Crippen molar-refractivity contribution in [3.05, 3.63) is 29.8 Å². The summed E-state index contributed by atoms with van der Waals surface area (Å²) in [5, 5.41) is 0. The zero-order chi connectivity index (χ0) is 13.7. The molecule has 0 radical (unpaired) electrons. The molecule has 0 heterocycles. The lowest BCUT2D eigenvalue weighted by Crippen LogP contribution is -2.20. The summed E-state index contributed by atoms with van der Waals surface area (Å²) in [6.07, 6.45) is 7.53. The van der Waals surface area contributed by atoms with Crippen LogP contribution in [-0.4, -0.2) is 6.61 Å². The third-order valence-corrected chi connectivity index (χ3v) is 4.04. The standard InChI is InChI=1S/C16H22F2O/c1-2-3-12-4-6-13(7-5-12)11-19-14-8-9-15(17)16(18)10-14/h8-10,12-13H,2-7,11H2,1H3. The molecule has 0 atom stereocenters. The molecule has 0 amide bonds. The molecule has 0 unspecified atom stereocenters. The predicted octanol–water partition coefficient (Wildman–Crippen LogP) is 4.95. The molecule has 0 saturated heterocycles. The Labute approximate surface area is 114 Å². The Balaban J connectivity index is 1.75. The average molecular weight is 268 g/mol. The largest absolute Gasteiger partial charge is 0.493 e. The molecule has 106 valence electrons. The van der Waals surface area contributed by atoms with Gasteiger partial charge < -0.3 is 4.74 Å². The first-order chi connectivity index (χ1) is 9.19. The molecule has 1 aliphatic carbocycles. The van der Waals surface area contributed by atoms with Crippen LogP contribution in [0.5, 0.6) is 5.75 Å². The smallest absolute Gasteiger partial charge is 0.162 e. The van der Waals surface area contributed by atoms with E-state index in [1.165, 1.54) is 44.6 Å². The summed E-state index contributed by atoms with van der Waals surface area (Å²) < 4.78 is 31.4. The summed E-state index contributed by atoms with van der Waals surface area (Å²) in [5.41, 5.74) is 0. The average Bonchev–Trinajstić information content (AvgIpc) is 2.42. The minimum absolute atomic E-state index is 0.426. The van der Waals surface area contributed by atoms with Crippen molar-refractivity contribution in [1.82, 2.24) is 0 Å². The molecule has 0 spiro atoms. The van der Waals surface area contributed by atoms with Crippen LogP contribution in [0.25, 0.3) is 0 Å². The number of hydrogen-bond donors (Lipinski definition) is 0. The normalized spacial score (nSPS) is 23.3. The predicted molar refractivity (Wildman–Crippen MR) is 72.2 cm³/mol. The van der Waals surface area contributed by atoms with Gasteiger partial charge in [-0.25, -0.2) is 8.78 Å². The minimum atomic E-state index is -0.843. The monoisotopic (exact) mass is 268 g/mol. The van der Waals surface area contributed by atoms with Gasteiger partial charge in [-0.1, -0.05) is 32.6 Å². The Morgan fingerprint density at radius 3 is 2.37 bits per heavy atom. The highest BCUT2D eigenvalue weighted by molar-refractivity contribution is 5.23. The lowest BCUT2D eigenvalue weighted by Gasteiger charge is -2.28. The van der Waals surface area contributed by atoms with Crippen LogP contribution in [0.1, 0.15) is 45.4 Å². The SMILES string of the molecule is CCCC1CCC(COc2ccc(F)c(F)c2)CC1. The highest BCUT2D eigenvalue weighted by Crippen LogP contribution is 2.31. The van der Waals surface area contributed by atoms with Crippen molar-refractivity contribution in [3.63, 3.8) is 0 Å². The zero-order valence-electron chi connectivity index (χ0n) is 11.5. The fourth-order valence-corrected chi connectivity index (χ4v) is 2.88. The Morgan fingerprint density at radius 1 is 1.05 bits per heavy atom. The fourth-order valence-electron chi connectivity index (χ4n) is 2.88. The van der Waals surface area contributed by atoms with E-state index < -0.39 is 11.6 Å². The van der Waals surface area contributed by atoms with Crippen LogP contribution in [0.4, 0.5) is 8.78 Å². The molecular weight excluding hydrogens is 246 g/mol. The maximum absolute atomic E-state index is 13.0. The highest BCUT2D eigenvalue weighted by Gasteiger charge is 2.21. The van der Waals surface area contributed by atoms with Gasteiger partial charge in [0.05, 0.1) is 6.61 Å². The Hall–Kier alpha value is -1.12. The van der Waals surface area contributed by atoms with Crippen LogP contribution in [0.15, 0.2) is 18.2 Å². The summed E-state index contributed by atoms with van der Waals surface area (Å²) in [5.74, 6) is 0.192. The fraction of sp³-hybridized carbons (Fsp3) is 0.625. The molecule has 2 rings (SSSR count). The third kappa shape index (κ3) is 4.19. The molecule has 19 heavy (non-hydrogen) atoms. The number of benzene rings is 1. The molecule has 0 bridgehead atoms. The molecule has 0 aromatic heterocycles. The minimum Gasteiger partial charge on any atom is -0.493 e. The first-order valence-electron chi connectivity index (χ1n) is 7.27. The van der Waals surface area contributed by atoms with Crippen molar-refractivity contribution in [1.29, 1.82) is 0 Å². The Bertz CT molecular complexity index is 398. The Morgan fingerprint density at radius 2 is 1.74 bits per heavy atom. The van der Waals surface area contributed by atoms with Gasteiger partial charge >= 0.3 is 0 Å². The molecule has 0 N–H and O–H groups in total. The van der Waals surface area contributed by atoms with Crippen molar-refractivity contribution in [3.8, 4) is 5.75 Å². The van der Waals surface area contributed by atoms with Crippen molar-refractivity contribution in [2.75, 3.05) is 6.61 Å². The molecule has 1 aromatic carbocycles. The van der Waals surface area contributed by atoms with E-state index in [0.29, 0.717) is 18.3 Å². The van der Waals surface area contributed by atoms with Gasteiger partial charge in [-0.05, 0) is 36.8 Å². The van der Waals surface area contributed by atoms with Gasteiger partial charge in [0.1, 0.15) is 5.75 Å². The van der Waals surface area contributed by atoms with Crippen LogP contribution in [0, 0.1) is 23.5 Å². The lowest BCUT2D eigenvalue weighted by molar-refractivity contribution is 0.178. The van der Waals surface area contributed by atoms with Crippen LogP contribution < -0.4 is 4.74 Å². The van der Waals surface area contributed by atoms with E-state index in [1.54, 1.807) is 0 Å². The topological polar surface area (TPSA) is 9.23 Å². The third-order valence-electron chi connectivity index (χ3n) is 4.04. The van der Waals surface area contributed by atoms with Gasteiger partial charge in [0.25, 0.3) is 0 Å². The van der Waals surface area contributed by atoms with Crippen molar-refractivity contribution >= 4 is 0 Å². The number of ether oxygens (including phenoxy) is 1. The van der Waals surface area contributed by atoms with E-state index in [0.717, 1.165) is 18.1 Å². The van der Waals surface area contributed by atoms with Crippen LogP contribution in [-0.2, 0) is 0 Å². The first-order valence-corrected chi connectivity index (χ1v) is 7.27. The quantitative estimate of drug-likeness (QED) is 0.734. The van der Waals surface area contributed by atoms with Gasteiger partial charge in [-0.15, -0.1) is 0 Å². The van der Waals surface area contributed by atoms with Crippen molar-refractivity contribution in [2.45, 2.75) is 45.4 Å². The van der Waals surface area contributed by atoms with E-state index in [-0.39, 0.29) is 0 Å². The second-order valence-corrected chi connectivity index (χ2v) is 5.56. The number of rotatable bonds is 5. The molecular formula is C16H22F2O. The first kappa shape index (κ1) is 14.3. The van der Waals surface area contributed by atoms with Crippen molar-refractivity contribution < 1.29 is 13.5 Å². The summed E-state index contributed by atoms with van der Waals surface area (Å²) in [7, 11) is 0. The lowest BCUT2D eigenvalue weighted by atomic mass is 9.80. The Kier molecular flexibility index (Phi) is 5.17. The van der Waals surface area contributed by atoms with Crippen LogP contribution in [0.2, 0.25) is 0 Å². The summed E-state index contributed by atoms with van der Waals surface area (Å²) in [6, 6.07) is 3.72. The van der Waals surface area contributed by atoms with Gasteiger partial charge in [0.2, 0.25) is 0 Å². The van der Waals surface area contributed by atoms with Crippen LogP contribution in [0.3, 0.4) is 0 Å². The molecule has 3 heteroatoms. The van der Waals surface area contributed by atoms with Gasteiger partial charge in [0.15, 0.2) is 11.6 Å². The van der Waals surface area contributed by atoms with E-state index in [9.17, 15) is 8.78 Å². The summed E-state index contributed by atoms with van der Waals surface area (Å²) in [4.78, 5) is 0. The van der Waals surface area contributed by atoms with Gasteiger partial charge in [0, 0.05) is 6.07 Å². The van der Waals surface area contributed by atoms with E-state index in [2.05, 4.69) is 6.92 Å². The molecule has 1 saturated carbocycles. The molecule has 1 aromatic rings. The molecule has 1 fully saturated rings. The van der Waals surface area contributed by atoms with E-state index in [1.807, 2.05) is 0 Å². The second kappa shape index (κ2) is 6.88. The molecule has 1 nitrogen and oxygen atoms in total. The zero-order valence-corrected chi connectivity index (χ0v) is 11.5. The van der Waals surface area contributed by atoms with E-state index in [4.69, 9.17) is 4.74 Å². The van der Waals surface area contributed by atoms with Crippen molar-refractivity contribution in [2.24, 2.45) is 11.8 Å². The van der Waals surface area contributed by atoms with E-state index >= 15 is 0 Å². The summed E-state index contributed by atoms with van der Waals surface area (Å²) in [6.45, 7) is 2.85. The second-order valence-electron chi connectivity index (χ2n) is 5.56. The number of hydrogen-bond acceptors (Lipinski definition) is 1. The highest BCUT2D eigenvalue weighted by atomic mass is 19.2. The number of halogens is 2. The van der Waals surface area contributed by atoms with Gasteiger partial charge in [-0.2, -0.15) is 0 Å². The maximum Gasteiger partial charge on any atom is 0.162 e. The summed E-state index contributed by atoms with van der Waals surface area (Å²) >= 11 is 0. The maximum atomic E-state index is 13.0. The molecule has 1 aliphatic rings. The molecule has 0 aliphatic heterocycles. The van der Waals surface area contributed by atoms with Gasteiger partial charge in [-0.3, -0.25) is 0 Å². The van der Waals surface area contributed by atoms with Crippen LogP contribution >= 0.6 is 0 Å².